The maximum atomic E-state index is 13.2. The molecule has 10 heteroatoms. The van der Waals surface area contributed by atoms with Gasteiger partial charge in [0.1, 0.15) is 23.3 Å². The summed E-state index contributed by atoms with van der Waals surface area (Å²) in [7, 11) is 0. The molecule has 0 fully saturated rings. The zero-order chi connectivity index (χ0) is 22.2. The van der Waals surface area contributed by atoms with Crippen molar-refractivity contribution in [3.8, 4) is 11.8 Å². The van der Waals surface area contributed by atoms with Crippen LogP contribution < -0.4 is 11.1 Å². The first-order valence-corrected chi connectivity index (χ1v) is 10.7. The lowest BCUT2D eigenvalue weighted by Crippen LogP contribution is -2.11. The molecule has 0 atom stereocenters. The minimum atomic E-state index is -0.342. The normalized spacial score (nSPS) is 11.7. The quantitative estimate of drug-likeness (QED) is 0.442. The first-order valence-electron chi connectivity index (χ1n) is 9.90. The lowest BCUT2D eigenvalue weighted by Gasteiger charge is -2.13. The molecule has 0 saturated heterocycles. The van der Waals surface area contributed by atoms with Gasteiger partial charge >= 0.3 is 0 Å². The highest BCUT2D eigenvalue weighted by Gasteiger charge is 2.19. The second-order valence-electron chi connectivity index (χ2n) is 8.25. The van der Waals surface area contributed by atoms with Crippen molar-refractivity contribution in [1.29, 1.82) is 5.26 Å². The van der Waals surface area contributed by atoms with E-state index in [2.05, 4.69) is 47.3 Å². The Morgan fingerprint density at radius 3 is 2.61 bits per heavy atom. The predicted octanol–water partition coefficient (Wildman–Crippen LogP) is 3.91. The molecule has 8 nitrogen and oxygen atoms in total. The molecular formula is C21H23FN8S. The Hall–Kier alpha value is -3.45. The van der Waals surface area contributed by atoms with E-state index in [1.165, 1.54) is 28.2 Å². The van der Waals surface area contributed by atoms with Crippen molar-refractivity contribution >= 4 is 27.2 Å². The molecule has 0 radical (unpaired) electrons. The van der Waals surface area contributed by atoms with Crippen LogP contribution in [0, 0.1) is 17.1 Å². The summed E-state index contributed by atoms with van der Waals surface area (Å²) < 4.78 is 16.5. The van der Waals surface area contributed by atoms with Crippen LogP contribution in [0.3, 0.4) is 0 Å². The van der Waals surface area contributed by atoms with Crippen molar-refractivity contribution < 1.29 is 4.39 Å². The first-order chi connectivity index (χ1) is 14.8. The molecule has 0 spiro atoms. The Kier molecular flexibility index (Phi) is 5.37. The van der Waals surface area contributed by atoms with Gasteiger partial charge in [-0.05, 0) is 37.1 Å². The topological polar surface area (TPSA) is 110 Å². The smallest absolute Gasteiger partial charge is 0.214 e. The van der Waals surface area contributed by atoms with Crippen LogP contribution in [0.5, 0.6) is 0 Å². The van der Waals surface area contributed by atoms with Crippen molar-refractivity contribution in [2.24, 2.45) is 0 Å². The minimum Gasteiger partial charge on any atom is -0.382 e. The third-order valence-corrected chi connectivity index (χ3v) is 5.74. The lowest BCUT2D eigenvalue weighted by molar-refractivity contribution is 0.572. The summed E-state index contributed by atoms with van der Waals surface area (Å²) in [6.07, 6.45) is 3.27. The molecule has 3 heterocycles. The molecule has 0 aliphatic rings. The Morgan fingerprint density at radius 1 is 1.23 bits per heavy atom. The monoisotopic (exact) mass is 438 g/mol. The Morgan fingerprint density at radius 2 is 1.97 bits per heavy atom. The number of halogens is 1. The number of nitrogens with two attached hydrogens (primary N) is 1. The van der Waals surface area contributed by atoms with Gasteiger partial charge in [0.15, 0.2) is 0 Å². The molecule has 0 aliphatic carbocycles. The van der Waals surface area contributed by atoms with Gasteiger partial charge in [0.25, 0.3) is 0 Å². The van der Waals surface area contributed by atoms with Gasteiger partial charge in [-0.3, -0.25) is 0 Å². The molecule has 3 N–H and O–H groups in total. The number of benzene rings is 1. The van der Waals surface area contributed by atoms with E-state index in [0.29, 0.717) is 29.9 Å². The molecule has 4 aromatic rings. The highest BCUT2D eigenvalue weighted by molar-refractivity contribution is 7.20. The lowest BCUT2D eigenvalue weighted by atomic mass is 9.93. The number of nitriles is 1. The summed E-state index contributed by atoms with van der Waals surface area (Å²) in [6.45, 7) is 7.03. The number of fused-ring (bicyclic) bond motifs is 1. The van der Waals surface area contributed by atoms with E-state index in [1.54, 1.807) is 16.6 Å². The Balaban J connectivity index is 1.40. The predicted molar refractivity (Wildman–Crippen MR) is 119 cm³/mol. The van der Waals surface area contributed by atoms with Gasteiger partial charge in [-0.2, -0.15) is 10.4 Å². The zero-order valence-corrected chi connectivity index (χ0v) is 18.4. The number of imidazole rings is 1. The second-order valence-corrected chi connectivity index (χ2v) is 9.20. The van der Waals surface area contributed by atoms with E-state index >= 15 is 0 Å². The summed E-state index contributed by atoms with van der Waals surface area (Å²) in [5.41, 5.74) is 8.68. The standard InChI is InChI=1S/C21H23FN8S/c1-21(2,3)17-12-29-20(26-17)31-19(28-29)25-10-4-5-16-15(11-23)18(24)30(27-16)14-8-6-13(22)7-9-14/h6-9,12H,4-5,10,24H2,1-3H3,(H,25,28). The van der Waals surface area contributed by atoms with Gasteiger partial charge in [0, 0.05) is 12.0 Å². The van der Waals surface area contributed by atoms with E-state index in [9.17, 15) is 9.65 Å². The van der Waals surface area contributed by atoms with Gasteiger partial charge < -0.3 is 11.1 Å². The number of anilines is 2. The summed E-state index contributed by atoms with van der Waals surface area (Å²) in [6, 6.07) is 7.96. The molecular weight excluding hydrogens is 415 g/mol. The molecule has 3 aromatic heterocycles. The highest BCUT2D eigenvalue weighted by Crippen LogP contribution is 2.26. The average molecular weight is 439 g/mol. The van der Waals surface area contributed by atoms with E-state index in [1.807, 2.05) is 6.20 Å². The van der Waals surface area contributed by atoms with Gasteiger partial charge in [-0.1, -0.05) is 32.1 Å². The Labute approximate surface area is 183 Å². The van der Waals surface area contributed by atoms with Gasteiger partial charge in [0.2, 0.25) is 10.1 Å². The molecule has 0 aliphatic heterocycles. The fourth-order valence-electron chi connectivity index (χ4n) is 3.14. The summed E-state index contributed by atoms with van der Waals surface area (Å²) in [5, 5.41) is 22.6. The minimum absolute atomic E-state index is 0.0153. The van der Waals surface area contributed by atoms with Gasteiger partial charge in [-0.15, -0.1) is 5.10 Å². The second kappa shape index (κ2) is 8.00. The first kappa shape index (κ1) is 20.8. The highest BCUT2D eigenvalue weighted by atomic mass is 32.1. The number of aromatic nitrogens is 5. The van der Waals surface area contributed by atoms with Crippen LogP contribution >= 0.6 is 11.3 Å². The van der Waals surface area contributed by atoms with Gasteiger partial charge in [-0.25, -0.2) is 18.6 Å². The van der Waals surface area contributed by atoms with Crippen LogP contribution in [-0.4, -0.2) is 30.9 Å². The van der Waals surface area contributed by atoms with E-state index in [0.717, 1.165) is 22.2 Å². The van der Waals surface area contributed by atoms with Crippen LogP contribution in [0.25, 0.3) is 10.6 Å². The van der Waals surface area contributed by atoms with Crippen LogP contribution in [0.2, 0.25) is 0 Å². The number of rotatable bonds is 6. The fraction of sp³-hybridized carbons (Fsp3) is 0.333. The van der Waals surface area contributed by atoms with Gasteiger partial charge in [0.05, 0.1) is 23.3 Å². The molecule has 0 bridgehead atoms. The number of nitrogens with zero attached hydrogens (tertiary/aromatic N) is 6. The Bertz CT molecular complexity index is 1220. The molecule has 160 valence electrons. The van der Waals surface area contributed by atoms with Crippen molar-refractivity contribution in [2.75, 3.05) is 17.6 Å². The molecule has 0 amide bonds. The number of hydrogen-bond donors (Lipinski definition) is 2. The third kappa shape index (κ3) is 4.22. The molecule has 31 heavy (non-hydrogen) atoms. The van der Waals surface area contributed by atoms with Crippen molar-refractivity contribution in [3.05, 3.63) is 53.2 Å². The van der Waals surface area contributed by atoms with E-state index in [4.69, 9.17) is 5.73 Å². The molecule has 4 rings (SSSR count). The summed E-state index contributed by atoms with van der Waals surface area (Å²) in [5.74, 6) is -0.0848. The average Bonchev–Trinajstić information content (AvgIpc) is 3.37. The van der Waals surface area contributed by atoms with Crippen LogP contribution in [0.1, 0.15) is 44.1 Å². The van der Waals surface area contributed by atoms with Crippen LogP contribution in [0.15, 0.2) is 30.5 Å². The van der Waals surface area contributed by atoms with E-state index in [-0.39, 0.29) is 17.1 Å². The fourth-order valence-corrected chi connectivity index (χ4v) is 3.95. The molecule has 0 saturated carbocycles. The maximum Gasteiger partial charge on any atom is 0.214 e. The van der Waals surface area contributed by atoms with Crippen LogP contribution in [-0.2, 0) is 11.8 Å². The summed E-state index contributed by atoms with van der Waals surface area (Å²) in [4.78, 5) is 5.49. The van der Waals surface area contributed by atoms with Crippen molar-refractivity contribution in [3.63, 3.8) is 0 Å². The summed E-state index contributed by atoms with van der Waals surface area (Å²) >= 11 is 1.50. The zero-order valence-electron chi connectivity index (χ0n) is 17.6. The number of nitrogen functional groups attached to an aromatic ring is 1. The number of aryl methyl sites for hydroxylation is 1. The molecule has 1 aromatic carbocycles. The maximum absolute atomic E-state index is 13.2. The largest absolute Gasteiger partial charge is 0.382 e. The molecule has 0 unspecified atom stereocenters. The SMILES string of the molecule is CC(C)(C)c1cn2nc(NCCCc3nn(-c4ccc(F)cc4)c(N)c3C#N)sc2n1. The third-order valence-electron chi connectivity index (χ3n) is 4.85. The van der Waals surface area contributed by atoms with Crippen molar-refractivity contribution in [2.45, 2.75) is 39.0 Å². The number of nitrogens with one attached hydrogen (secondary N) is 1. The van der Waals surface area contributed by atoms with E-state index < -0.39 is 0 Å². The van der Waals surface area contributed by atoms with Crippen molar-refractivity contribution in [1.82, 2.24) is 24.4 Å². The number of hydrogen-bond acceptors (Lipinski definition) is 7. The van der Waals surface area contributed by atoms with Crippen LogP contribution in [0.4, 0.5) is 15.3 Å².